The summed E-state index contributed by atoms with van der Waals surface area (Å²) in [5, 5.41) is 13.5. The van der Waals surface area contributed by atoms with Gasteiger partial charge in [-0.2, -0.15) is 5.10 Å². The molecule has 150 valence electrons. The number of rotatable bonds is 8. The number of hydrogen-bond acceptors (Lipinski definition) is 4. The maximum absolute atomic E-state index is 5.99. The molecule has 2 aromatic carbocycles. The lowest BCUT2D eigenvalue weighted by atomic mass is 10.1. The highest BCUT2D eigenvalue weighted by atomic mass is 16.5. The molecule has 0 aliphatic heterocycles. The summed E-state index contributed by atoms with van der Waals surface area (Å²) in [5.74, 6) is 3.18. The molecule has 0 spiro atoms. The van der Waals surface area contributed by atoms with E-state index in [9.17, 15) is 0 Å². The molecule has 0 saturated heterocycles. The number of H-pyrrole nitrogens is 1. The predicted octanol–water partition coefficient (Wildman–Crippen LogP) is 3.13. The number of ether oxygens (including phenoxy) is 1. The fourth-order valence-corrected chi connectivity index (χ4v) is 3.04. The lowest BCUT2D eigenvalue weighted by Gasteiger charge is -2.15. The topological polar surface area (TPSA) is 87.2 Å². The summed E-state index contributed by atoms with van der Waals surface area (Å²) in [6.07, 6.45) is 4.08. The molecule has 4 rings (SSSR count). The summed E-state index contributed by atoms with van der Waals surface area (Å²) in [6, 6.07) is 16.3. The smallest absolute Gasteiger partial charge is 0.191 e. The molecule has 0 bridgehead atoms. The van der Waals surface area contributed by atoms with Crippen molar-refractivity contribution in [2.75, 3.05) is 13.7 Å². The normalized spacial score (nSPS) is 13.9. The number of hydrogen-bond donors (Lipinski definition) is 3. The van der Waals surface area contributed by atoms with E-state index in [1.54, 1.807) is 7.05 Å². The highest BCUT2D eigenvalue weighted by Crippen LogP contribution is 2.30. The Morgan fingerprint density at radius 3 is 2.79 bits per heavy atom. The van der Waals surface area contributed by atoms with Crippen molar-refractivity contribution in [1.29, 1.82) is 0 Å². The zero-order valence-corrected chi connectivity index (χ0v) is 16.6. The van der Waals surface area contributed by atoms with Gasteiger partial charge in [-0.25, -0.2) is 4.98 Å². The van der Waals surface area contributed by atoms with E-state index < -0.39 is 0 Å². The first kappa shape index (κ1) is 19.0. The highest BCUT2D eigenvalue weighted by molar-refractivity contribution is 5.79. The van der Waals surface area contributed by atoms with Crippen molar-refractivity contribution >= 4 is 5.96 Å². The summed E-state index contributed by atoms with van der Waals surface area (Å²) in [5.41, 5.74) is 3.27. The standard InChI is InChI=1S/C22H26N6O/c1-23-22(24-12-17-5-4-7-18(11-17)21-26-15-27-28-21)25-13-19-6-2-3-8-20(19)29-14-16-9-10-16/h2-8,11,15-16H,9-10,12-14H2,1H3,(H2,23,24,25)(H,26,27,28). The van der Waals surface area contributed by atoms with Gasteiger partial charge in [-0.3, -0.25) is 10.1 Å². The Bertz CT molecular complexity index is 949. The van der Waals surface area contributed by atoms with E-state index in [1.807, 2.05) is 30.3 Å². The SMILES string of the molecule is CN=C(NCc1cccc(-c2ncn[nH]2)c1)NCc1ccccc1OCC1CC1. The Morgan fingerprint density at radius 1 is 1.14 bits per heavy atom. The molecule has 1 fully saturated rings. The van der Waals surface area contributed by atoms with Crippen LogP contribution in [0.5, 0.6) is 5.75 Å². The van der Waals surface area contributed by atoms with Gasteiger partial charge in [-0.1, -0.05) is 36.4 Å². The molecule has 0 unspecified atom stereocenters. The highest BCUT2D eigenvalue weighted by Gasteiger charge is 2.22. The van der Waals surface area contributed by atoms with Gasteiger partial charge in [0.2, 0.25) is 0 Å². The second-order valence-corrected chi connectivity index (χ2v) is 7.18. The van der Waals surface area contributed by atoms with Crippen LogP contribution in [0.1, 0.15) is 24.0 Å². The Balaban J connectivity index is 1.32. The van der Waals surface area contributed by atoms with E-state index in [-0.39, 0.29) is 0 Å². The average Bonchev–Trinajstić information content (AvgIpc) is 3.43. The lowest BCUT2D eigenvalue weighted by molar-refractivity contribution is 0.296. The molecule has 7 nitrogen and oxygen atoms in total. The van der Waals surface area contributed by atoms with Gasteiger partial charge in [0.1, 0.15) is 12.1 Å². The van der Waals surface area contributed by atoms with Gasteiger partial charge < -0.3 is 15.4 Å². The second kappa shape index (κ2) is 9.23. The maximum atomic E-state index is 5.99. The third-order valence-electron chi connectivity index (χ3n) is 4.89. The van der Waals surface area contributed by atoms with Crippen molar-refractivity contribution in [1.82, 2.24) is 25.8 Å². The minimum atomic E-state index is 0.651. The van der Waals surface area contributed by atoms with Gasteiger partial charge in [0.25, 0.3) is 0 Å². The number of aromatic amines is 1. The first-order valence-corrected chi connectivity index (χ1v) is 9.91. The first-order valence-electron chi connectivity index (χ1n) is 9.91. The van der Waals surface area contributed by atoms with Crippen LogP contribution in [-0.2, 0) is 13.1 Å². The molecule has 0 atom stereocenters. The number of nitrogens with zero attached hydrogens (tertiary/aromatic N) is 3. The Kier molecular flexibility index (Phi) is 6.04. The van der Waals surface area contributed by atoms with Crippen LogP contribution in [0.15, 0.2) is 59.9 Å². The molecule has 3 N–H and O–H groups in total. The van der Waals surface area contributed by atoms with Crippen molar-refractivity contribution in [2.45, 2.75) is 25.9 Å². The molecule has 1 heterocycles. The third-order valence-corrected chi connectivity index (χ3v) is 4.89. The quantitative estimate of drug-likeness (QED) is 0.406. The van der Waals surface area contributed by atoms with E-state index in [0.717, 1.165) is 46.7 Å². The van der Waals surface area contributed by atoms with Crippen LogP contribution in [0.25, 0.3) is 11.4 Å². The summed E-state index contributed by atoms with van der Waals surface area (Å²) in [4.78, 5) is 8.53. The van der Waals surface area contributed by atoms with Crippen molar-refractivity contribution in [3.05, 3.63) is 66.0 Å². The van der Waals surface area contributed by atoms with E-state index >= 15 is 0 Å². The fraction of sp³-hybridized carbons (Fsp3) is 0.318. The Morgan fingerprint density at radius 2 is 2.00 bits per heavy atom. The van der Waals surface area contributed by atoms with Crippen molar-refractivity contribution in [3.8, 4) is 17.1 Å². The molecule has 7 heteroatoms. The molecule has 29 heavy (non-hydrogen) atoms. The largest absolute Gasteiger partial charge is 0.493 e. The summed E-state index contributed by atoms with van der Waals surface area (Å²) < 4.78 is 5.99. The number of guanidine groups is 1. The minimum absolute atomic E-state index is 0.651. The van der Waals surface area contributed by atoms with Crippen LogP contribution < -0.4 is 15.4 Å². The molecule has 0 radical (unpaired) electrons. The molecule has 1 aliphatic rings. The van der Waals surface area contributed by atoms with Crippen LogP contribution in [0.2, 0.25) is 0 Å². The van der Waals surface area contributed by atoms with Crippen LogP contribution in [0.3, 0.4) is 0 Å². The number of aromatic nitrogens is 3. The molecular weight excluding hydrogens is 364 g/mol. The second-order valence-electron chi connectivity index (χ2n) is 7.18. The van der Waals surface area contributed by atoms with Gasteiger partial charge >= 0.3 is 0 Å². The minimum Gasteiger partial charge on any atom is -0.493 e. The van der Waals surface area contributed by atoms with Crippen molar-refractivity contribution in [2.24, 2.45) is 10.9 Å². The fourth-order valence-electron chi connectivity index (χ4n) is 3.04. The first-order chi connectivity index (χ1) is 14.3. The molecule has 3 aromatic rings. The van der Waals surface area contributed by atoms with Crippen LogP contribution in [-0.4, -0.2) is 34.8 Å². The average molecular weight is 390 g/mol. The van der Waals surface area contributed by atoms with Crippen LogP contribution in [0.4, 0.5) is 0 Å². The molecule has 1 aliphatic carbocycles. The Hall–Kier alpha value is -3.35. The van der Waals surface area contributed by atoms with Gasteiger partial charge in [-0.05, 0) is 36.5 Å². The van der Waals surface area contributed by atoms with Crippen LogP contribution >= 0.6 is 0 Å². The van der Waals surface area contributed by atoms with E-state index in [2.05, 4.69) is 49.0 Å². The van der Waals surface area contributed by atoms with Crippen molar-refractivity contribution in [3.63, 3.8) is 0 Å². The number of benzene rings is 2. The summed E-state index contributed by atoms with van der Waals surface area (Å²) in [6.45, 7) is 2.12. The molecule has 1 saturated carbocycles. The lowest BCUT2D eigenvalue weighted by Crippen LogP contribution is -2.36. The van der Waals surface area contributed by atoms with Gasteiger partial charge in [0, 0.05) is 31.3 Å². The van der Waals surface area contributed by atoms with Gasteiger partial charge in [0.05, 0.1) is 6.61 Å². The third kappa shape index (κ3) is 5.34. The summed E-state index contributed by atoms with van der Waals surface area (Å²) >= 11 is 0. The van der Waals surface area contributed by atoms with Crippen molar-refractivity contribution < 1.29 is 4.74 Å². The van der Waals surface area contributed by atoms with Crippen LogP contribution in [0, 0.1) is 5.92 Å². The number of nitrogens with one attached hydrogen (secondary N) is 3. The maximum Gasteiger partial charge on any atom is 0.191 e. The number of para-hydroxylation sites is 1. The zero-order valence-electron chi connectivity index (χ0n) is 16.6. The van der Waals surface area contributed by atoms with Gasteiger partial charge in [0.15, 0.2) is 11.8 Å². The monoisotopic (exact) mass is 390 g/mol. The summed E-state index contributed by atoms with van der Waals surface area (Å²) in [7, 11) is 1.77. The zero-order chi connectivity index (χ0) is 19.9. The van der Waals surface area contributed by atoms with E-state index in [0.29, 0.717) is 13.1 Å². The predicted molar refractivity (Wildman–Crippen MR) is 114 cm³/mol. The molecule has 0 amide bonds. The Labute approximate surface area is 170 Å². The van der Waals surface area contributed by atoms with E-state index in [4.69, 9.17) is 4.74 Å². The molecule has 1 aromatic heterocycles. The molecular formula is C22H26N6O. The number of aliphatic imine (C=N–C) groups is 1. The van der Waals surface area contributed by atoms with Gasteiger partial charge in [-0.15, -0.1) is 0 Å². The van der Waals surface area contributed by atoms with E-state index in [1.165, 1.54) is 19.2 Å².